The number of aliphatic hydroxyl groups is 1. The fourth-order valence-electron chi connectivity index (χ4n) is 1.69. The normalized spacial score (nSPS) is 11.5. The van der Waals surface area contributed by atoms with Crippen LogP contribution in [0.1, 0.15) is 26.2 Å². The summed E-state index contributed by atoms with van der Waals surface area (Å²) in [6, 6.07) is 6.86. The molecule has 0 aliphatic heterocycles. The molecule has 0 aliphatic carbocycles. The zero-order valence-corrected chi connectivity index (χ0v) is 12.1. The van der Waals surface area contributed by atoms with Gasteiger partial charge in [0.2, 0.25) is 6.41 Å². The topological polar surface area (TPSA) is 84.9 Å². The second kappa shape index (κ2) is 9.77. The zero-order valence-electron chi connectivity index (χ0n) is 12.1. The van der Waals surface area contributed by atoms with Crippen molar-refractivity contribution >= 4 is 12.3 Å². The first-order valence-electron chi connectivity index (χ1n) is 6.95. The number of imide groups is 1. The highest BCUT2D eigenvalue weighted by Gasteiger charge is 2.18. The number of benzene rings is 1. The molecule has 0 aromatic heterocycles. The van der Waals surface area contributed by atoms with E-state index < -0.39 is 12.0 Å². The van der Waals surface area contributed by atoms with E-state index in [1.54, 1.807) is 24.3 Å². The Hall–Kier alpha value is -2.08. The Labute approximate surface area is 124 Å². The van der Waals surface area contributed by atoms with Crippen molar-refractivity contribution < 1.29 is 24.2 Å². The van der Waals surface area contributed by atoms with Crippen LogP contribution in [0.25, 0.3) is 0 Å². The lowest BCUT2D eigenvalue weighted by Gasteiger charge is -2.17. The zero-order chi connectivity index (χ0) is 15.5. The molecule has 0 spiro atoms. The molecule has 1 aromatic carbocycles. The summed E-state index contributed by atoms with van der Waals surface area (Å²) in [5.74, 6) is 0.749. The summed E-state index contributed by atoms with van der Waals surface area (Å²) in [4.78, 5) is 22.0. The summed E-state index contributed by atoms with van der Waals surface area (Å²) in [5.41, 5.74) is 0. The minimum absolute atomic E-state index is 0.0890. The fourth-order valence-corrected chi connectivity index (χ4v) is 1.69. The Balaban J connectivity index is 2.58. The van der Waals surface area contributed by atoms with E-state index in [9.17, 15) is 9.59 Å². The number of amides is 2. The molecule has 0 fully saturated rings. The van der Waals surface area contributed by atoms with Gasteiger partial charge in [0.05, 0.1) is 6.61 Å². The average molecular weight is 295 g/mol. The third-order valence-corrected chi connectivity index (χ3v) is 2.72. The second-order valence-electron chi connectivity index (χ2n) is 4.42. The third-order valence-electron chi connectivity index (χ3n) is 2.72. The first-order chi connectivity index (χ1) is 10.2. The molecule has 0 aliphatic rings. The van der Waals surface area contributed by atoms with Gasteiger partial charge in [-0.2, -0.15) is 0 Å². The van der Waals surface area contributed by atoms with Gasteiger partial charge in [-0.15, -0.1) is 0 Å². The minimum atomic E-state index is -0.693. The van der Waals surface area contributed by atoms with Crippen LogP contribution in [-0.2, 0) is 9.59 Å². The van der Waals surface area contributed by atoms with E-state index in [1.165, 1.54) is 0 Å². The number of nitrogens with one attached hydrogen (secondary N) is 1. The van der Waals surface area contributed by atoms with Crippen molar-refractivity contribution in [3.63, 3.8) is 0 Å². The van der Waals surface area contributed by atoms with Crippen molar-refractivity contribution in [3.05, 3.63) is 24.3 Å². The van der Waals surface area contributed by atoms with Crippen molar-refractivity contribution in [2.75, 3.05) is 13.2 Å². The highest BCUT2D eigenvalue weighted by atomic mass is 16.5. The number of ether oxygens (including phenoxy) is 2. The molecule has 0 radical (unpaired) electrons. The molecule has 1 unspecified atom stereocenters. The first-order valence-corrected chi connectivity index (χ1v) is 6.95. The molecule has 0 saturated heterocycles. The van der Waals surface area contributed by atoms with Crippen LogP contribution in [0.2, 0.25) is 0 Å². The Morgan fingerprint density at radius 3 is 2.57 bits per heavy atom. The lowest BCUT2D eigenvalue weighted by Crippen LogP contribution is -2.37. The van der Waals surface area contributed by atoms with Crippen LogP contribution in [0.4, 0.5) is 0 Å². The lowest BCUT2D eigenvalue weighted by atomic mass is 10.2. The largest absolute Gasteiger partial charge is 0.494 e. The van der Waals surface area contributed by atoms with Gasteiger partial charge in [-0.25, -0.2) is 0 Å². The van der Waals surface area contributed by atoms with Crippen LogP contribution in [0.3, 0.4) is 0 Å². The van der Waals surface area contributed by atoms with Crippen molar-refractivity contribution in [3.8, 4) is 11.5 Å². The highest BCUT2D eigenvalue weighted by molar-refractivity contribution is 5.89. The number of carbonyl (C=O) groups excluding carboxylic acids is 2. The predicted octanol–water partition coefficient (Wildman–Crippen LogP) is 1.27. The van der Waals surface area contributed by atoms with E-state index >= 15 is 0 Å². The summed E-state index contributed by atoms with van der Waals surface area (Å²) < 4.78 is 11.0. The Morgan fingerprint density at radius 1 is 1.33 bits per heavy atom. The second-order valence-corrected chi connectivity index (χ2v) is 4.42. The summed E-state index contributed by atoms with van der Waals surface area (Å²) in [7, 11) is 0. The summed E-state index contributed by atoms with van der Waals surface area (Å²) in [5, 5.41) is 10.8. The van der Waals surface area contributed by atoms with Gasteiger partial charge >= 0.3 is 0 Å². The van der Waals surface area contributed by atoms with Gasteiger partial charge in [0.1, 0.15) is 11.5 Å². The van der Waals surface area contributed by atoms with Gasteiger partial charge in [0.25, 0.3) is 5.91 Å². The van der Waals surface area contributed by atoms with Crippen molar-refractivity contribution in [2.24, 2.45) is 0 Å². The van der Waals surface area contributed by atoms with E-state index in [4.69, 9.17) is 14.6 Å². The first kappa shape index (κ1) is 17.0. The number of hydrogen-bond donors (Lipinski definition) is 2. The van der Waals surface area contributed by atoms with E-state index in [0.29, 0.717) is 37.4 Å². The highest BCUT2D eigenvalue weighted by Crippen LogP contribution is 2.20. The molecule has 0 saturated carbocycles. The van der Waals surface area contributed by atoms with Crippen LogP contribution in [0, 0.1) is 0 Å². The maximum atomic E-state index is 11.7. The van der Waals surface area contributed by atoms with Crippen LogP contribution < -0.4 is 14.8 Å². The summed E-state index contributed by atoms with van der Waals surface area (Å²) in [6.07, 6.45) is 1.52. The fraction of sp³-hybridized carbons (Fsp3) is 0.467. The summed E-state index contributed by atoms with van der Waals surface area (Å²) in [6.45, 7) is 2.46. The van der Waals surface area contributed by atoms with E-state index in [1.807, 2.05) is 6.92 Å². The molecule has 0 heterocycles. The van der Waals surface area contributed by atoms with Crippen molar-refractivity contribution in [1.82, 2.24) is 5.32 Å². The SMILES string of the molecule is CCCC(Oc1ccc(OCCCO)cc1)C(=O)NC=O. The van der Waals surface area contributed by atoms with Crippen LogP contribution in [0.15, 0.2) is 24.3 Å². The standard InChI is InChI=1S/C15H21NO5/c1-2-4-14(15(19)16-11-18)21-13-7-5-12(6-8-13)20-10-3-9-17/h5-8,11,14,17H,2-4,9-10H2,1H3,(H,16,18,19). The molecule has 0 bridgehead atoms. The van der Waals surface area contributed by atoms with Gasteiger partial charge < -0.3 is 14.6 Å². The minimum Gasteiger partial charge on any atom is -0.494 e. The van der Waals surface area contributed by atoms with Crippen molar-refractivity contribution in [2.45, 2.75) is 32.3 Å². The molecule has 2 amide bonds. The smallest absolute Gasteiger partial charge is 0.267 e. The van der Waals surface area contributed by atoms with Crippen LogP contribution >= 0.6 is 0 Å². The van der Waals surface area contributed by atoms with Gasteiger partial charge in [0.15, 0.2) is 6.10 Å². The number of carbonyl (C=O) groups is 2. The number of rotatable bonds is 10. The molecule has 1 rings (SSSR count). The Bertz CT molecular complexity index is 432. The van der Waals surface area contributed by atoms with Gasteiger partial charge in [-0.05, 0) is 30.7 Å². The molecular formula is C15H21NO5. The molecule has 6 heteroatoms. The average Bonchev–Trinajstić information content (AvgIpc) is 2.49. The molecule has 116 valence electrons. The molecule has 2 N–H and O–H groups in total. The van der Waals surface area contributed by atoms with E-state index in [-0.39, 0.29) is 6.61 Å². The van der Waals surface area contributed by atoms with Gasteiger partial charge in [-0.3, -0.25) is 14.9 Å². The maximum Gasteiger partial charge on any atom is 0.267 e. The van der Waals surface area contributed by atoms with Gasteiger partial charge in [0, 0.05) is 13.0 Å². The molecule has 1 atom stereocenters. The monoisotopic (exact) mass is 295 g/mol. The Kier molecular flexibility index (Phi) is 7.89. The van der Waals surface area contributed by atoms with Crippen LogP contribution in [0.5, 0.6) is 11.5 Å². The van der Waals surface area contributed by atoms with Crippen molar-refractivity contribution in [1.29, 1.82) is 0 Å². The summed E-state index contributed by atoms with van der Waals surface area (Å²) >= 11 is 0. The molecule has 1 aromatic rings. The van der Waals surface area contributed by atoms with E-state index in [2.05, 4.69) is 5.32 Å². The number of aliphatic hydroxyl groups excluding tert-OH is 1. The molecular weight excluding hydrogens is 274 g/mol. The lowest BCUT2D eigenvalue weighted by molar-refractivity contribution is -0.131. The number of hydrogen-bond acceptors (Lipinski definition) is 5. The Morgan fingerprint density at radius 2 is 2.00 bits per heavy atom. The molecule has 21 heavy (non-hydrogen) atoms. The van der Waals surface area contributed by atoms with Crippen LogP contribution in [-0.4, -0.2) is 36.7 Å². The predicted molar refractivity (Wildman–Crippen MR) is 77.2 cm³/mol. The quantitative estimate of drug-likeness (QED) is 0.501. The third kappa shape index (κ3) is 6.27. The molecule has 6 nitrogen and oxygen atoms in total. The van der Waals surface area contributed by atoms with E-state index in [0.717, 1.165) is 6.42 Å². The van der Waals surface area contributed by atoms with Gasteiger partial charge in [-0.1, -0.05) is 13.3 Å². The maximum absolute atomic E-state index is 11.7.